The molecular formula is C21H23NO6S. The summed E-state index contributed by atoms with van der Waals surface area (Å²) in [5, 5.41) is 0. The zero-order valence-electron chi connectivity index (χ0n) is 16.2. The van der Waals surface area contributed by atoms with Crippen molar-refractivity contribution in [2.24, 2.45) is 0 Å². The van der Waals surface area contributed by atoms with Gasteiger partial charge in [0, 0.05) is 13.0 Å². The molecule has 1 fully saturated rings. The molecule has 154 valence electrons. The molecule has 7 nitrogen and oxygen atoms in total. The first-order valence-electron chi connectivity index (χ1n) is 9.16. The fraction of sp³-hybridized carbons (Fsp3) is 0.333. The molecule has 2 atom stereocenters. The highest BCUT2D eigenvalue weighted by Crippen LogP contribution is 2.31. The summed E-state index contributed by atoms with van der Waals surface area (Å²) in [4.78, 5) is 27.3. The molecule has 0 unspecified atom stereocenters. The van der Waals surface area contributed by atoms with E-state index in [1.54, 1.807) is 0 Å². The Morgan fingerprint density at radius 3 is 1.97 bits per heavy atom. The zero-order valence-corrected chi connectivity index (χ0v) is 17.0. The van der Waals surface area contributed by atoms with E-state index in [-0.39, 0.29) is 18.9 Å². The predicted octanol–water partition coefficient (Wildman–Crippen LogP) is 1.94. The number of nitrogens with zero attached hydrogens (tertiary/aromatic N) is 1. The van der Waals surface area contributed by atoms with E-state index in [2.05, 4.69) is 0 Å². The number of likely N-dealkylation sites (tertiary alicyclic amines) is 1. The van der Waals surface area contributed by atoms with Crippen molar-refractivity contribution in [3.05, 3.63) is 71.8 Å². The van der Waals surface area contributed by atoms with Gasteiger partial charge in [0.15, 0.2) is 0 Å². The summed E-state index contributed by atoms with van der Waals surface area (Å²) in [6, 6.07) is 17.6. The summed E-state index contributed by atoms with van der Waals surface area (Å²) < 4.78 is 33.0. The minimum Gasteiger partial charge on any atom is -0.467 e. The molecule has 0 N–H and O–H groups in total. The van der Waals surface area contributed by atoms with Crippen LogP contribution in [0.2, 0.25) is 0 Å². The molecular weight excluding hydrogens is 394 g/mol. The molecule has 2 aromatic carbocycles. The summed E-state index contributed by atoms with van der Waals surface area (Å²) in [5.41, 5.74) is 1.56. The Morgan fingerprint density at radius 2 is 1.52 bits per heavy atom. The predicted molar refractivity (Wildman–Crippen MR) is 107 cm³/mol. The first-order chi connectivity index (χ1) is 13.8. The molecule has 1 heterocycles. The molecule has 1 aliphatic heterocycles. The third kappa shape index (κ3) is 5.02. The molecule has 2 aromatic rings. The van der Waals surface area contributed by atoms with Crippen LogP contribution in [0.25, 0.3) is 0 Å². The lowest BCUT2D eigenvalue weighted by Crippen LogP contribution is -2.43. The largest absolute Gasteiger partial charge is 0.467 e. The highest BCUT2D eigenvalue weighted by molar-refractivity contribution is 7.86. The highest BCUT2D eigenvalue weighted by atomic mass is 32.2. The maximum atomic E-state index is 13.6. The first-order valence-corrected chi connectivity index (χ1v) is 11.0. The van der Waals surface area contributed by atoms with Gasteiger partial charge in [-0.3, -0.25) is 8.98 Å². The van der Waals surface area contributed by atoms with Gasteiger partial charge in [0.2, 0.25) is 5.91 Å². The molecule has 0 bridgehead atoms. The van der Waals surface area contributed by atoms with Crippen LogP contribution in [0.5, 0.6) is 0 Å². The van der Waals surface area contributed by atoms with E-state index >= 15 is 0 Å². The summed E-state index contributed by atoms with van der Waals surface area (Å²) in [7, 11) is -2.49. The number of methoxy groups -OCH3 is 1. The van der Waals surface area contributed by atoms with Crippen molar-refractivity contribution < 1.29 is 26.9 Å². The van der Waals surface area contributed by atoms with Gasteiger partial charge in [-0.2, -0.15) is 8.42 Å². The fourth-order valence-corrected chi connectivity index (χ4v) is 4.29. The van der Waals surface area contributed by atoms with E-state index in [0.717, 1.165) is 17.4 Å². The van der Waals surface area contributed by atoms with Crippen LogP contribution in [0.3, 0.4) is 0 Å². The van der Waals surface area contributed by atoms with Crippen molar-refractivity contribution in [3.8, 4) is 0 Å². The average molecular weight is 417 g/mol. The van der Waals surface area contributed by atoms with Crippen LogP contribution in [-0.4, -0.2) is 57.3 Å². The van der Waals surface area contributed by atoms with E-state index in [1.807, 2.05) is 60.7 Å². The van der Waals surface area contributed by atoms with Gasteiger partial charge in [-0.15, -0.1) is 0 Å². The molecule has 1 aliphatic rings. The van der Waals surface area contributed by atoms with Crippen LogP contribution in [0.1, 0.15) is 23.5 Å². The summed E-state index contributed by atoms with van der Waals surface area (Å²) >= 11 is 0. The van der Waals surface area contributed by atoms with E-state index in [1.165, 1.54) is 12.0 Å². The molecule has 1 saturated heterocycles. The number of hydrogen-bond acceptors (Lipinski definition) is 6. The standard InChI is InChI=1S/C21H23NO6S/c1-27-21(24)18-13-17(28-29(2,25)26)14-22(18)20(23)19(15-9-5-3-6-10-15)16-11-7-4-8-12-16/h3-12,17-19H,13-14H2,1-2H3/t17-,18+/m0/s1. The normalized spacial score (nSPS) is 19.3. The van der Waals surface area contributed by atoms with E-state index in [0.29, 0.717) is 0 Å². The van der Waals surface area contributed by atoms with Crippen molar-refractivity contribution in [2.45, 2.75) is 24.5 Å². The molecule has 0 aromatic heterocycles. The Labute approximate surface area is 170 Å². The number of benzene rings is 2. The Morgan fingerprint density at radius 1 is 1.00 bits per heavy atom. The number of hydrogen-bond donors (Lipinski definition) is 0. The monoisotopic (exact) mass is 417 g/mol. The molecule has 3 rings (SSSR count). The summed E-state index contributed by atoms with van der Waals surface area (Å²) in [6.07, 6.45) is 0.202. The third-order valence-electron chi connectivity index (χ3n) is 4.84. The van der Waals surface area contributed by atoms with E-state index < -0.39 is 34.2 Å². The minimum absolute atomic E-state index is 0.0121. The highest BCUT2D eigenvalue weighted by Gasteiger charge is 2.44. The van der Waals surface area contributed by atoms with Crippen molar-refractivity contribution >= 4 is 22.0 Å². The zero-order chi connectivity index (χ0) is 21.0. The second-order valence-electron chi connectivity index (χ2n) is 6.94. The lowest BCUT2D eigenvalue weighted by atomic mass is 9.90. The van der Waals surface area contributed by atoms with Crippen molar-refractivity contribution in [2.75, 3.05) is 19.9 Å². The smallest absolute Gasteiger partial charge is 0.328 e. The fourth-order valence-electron chi connectivity index (χ4n) is 3.65. The van der Waals surface area contributed by atoms with Crippen LogP contribution in [-0.2, 0) is 28.6 Å². The van der Waals surface area contributed by atoms with Crippen LogP contribution < -0.4 is 0 Å². The SMILES string of the molecule is COC(=O)[C@H]1C[C@H](OS(C)(=O)=O)CN1C(=O)C(c1ccccc1)c1ccccc1. The van der Waals surface area contributed by atoms with Gasteiger partial charge in [0.25, 0.3) is 10.1 Å². The molecule has 0 spiro atoms. The van der Waals surface area contributed by atoms with Gasteiger partial charge in [0.1, 0.15) is 6.04 Å². The minimum atomic E-state index is -3.73. The molecule has 1 amide bonds. The number of ether oxygens (including phenoxy) is 1. The van der Waals surface area contributed by atoms with Crippen molar-refractivity contribution in [1.82, 2.24) is 4.90 Å². The Bertz CT molecular complexity index is 922. The van der Waals surface area contributed by atoms with Crippen LogP contribution in [0.4, 0.5) is 0 Å². The average Bonchev–Trinajstić information content (AvgIpc) is 3.11. The van der Waals surface area contributed by atoms with Gasteiger partial charge in [-0.25, -0.2) is 4.79 Å². The first kappa shape index (κ1) is 21.0. The van der Waals surface area contributed by atoms with Gasteiger partial charge >= 0.3 is 5.97 Å². The number of carbonyl (C=O) groups is 2. The van der Waals surface area contributed by atoms with Gasteiger partial charge in [-0.05, 0) is 11.1 Å². The third-order valence-corrected chi connectivity index (χ3v) is 5.46. The maximum absolute atomic E-state index is 13.6. The van der Waals surface area contributed by atoms with E-state index in [4.69, 9.17) is 8.92 Å². The Kier molecular flexibility index (Phi) is 6.34. The number of rotatable bonds is 6. The van der Waals surface area contributed by atoms with Gasteiger partial charge < -0.3 is 9.64 Å². The topological polar surface area (TPSA) is 90.0 Å². The maximum Gasteiger partial charge on any atom is 0.328 e. The molecule has 0 saturated carbocycles. The lowest BCUT2D eigenvalue weighted by molar-refractivity contribution is -0.151. The quantitative estimate of drug-likeness (QED) is 0.527. The van der Waals surface area contributed by atoms with Crippen molar-refractivity contribution in [3.63, 3.8) is 0 Å². The summed E-state index contributed by atoms with van der Waals surface area (Å²) in [5.74, 6) is -1.54. The molecule has 0 radical (unpaired) electrons. The molecule has 0 aliphatic carbocycles. The second-order valence-corrected chi connectivity index (χ2v) is 8.54. The summed E-state index contributed by atoms with van der Waals surface area (Å²) in [6.45, 7) is -0.0121. The number of amides is 1. The number of carbonyl (C=O) groups excluding carboxylic acids is 2. The Balaban J connectivity index is 1.97. The number of esters is 1. The van der Waals surface area contributed by atoms with Gasteiger partial charge in [0.05, 0.1) is 25.4 Å². The second kappa shape index (κ2) is 8.75. The van der Waals surface area contributed by atoms with Crippen LogP contribution in [0, 0.1) is 0 Å². The molecule has 8 heteroatoms. The van der Waals surface area contributed by atoms with Crippen molar-refractivity contribution in [1.29, 1.82) is 0 Å². The van der Waals surface area contributed by atoms with E-state index in [9.17, 15) is 18.0 Å². The van der Waals surface area contributed by atoms with Crippen LogP contribution >= 0.6 is 0 Å². The Hall–Kier alpha value is -2.71. The van der Waals surface area contributed by atoms with Crippen LogP contribution in [0.15, 0.2) is 60.7 Å². The lowest BCUT2D eigenvalue weighted by Gasteiger charge is -2.28. The molecule has 29 heavy (non-hydrogen) atoms. The van der Waals surface area contributed by atoms with Gasteiger partial charge in [-0.1, -0.05) is 60.7 Å².